The minimum absolute atomic E-state index is 0.301. The molecule has 4 heteroatoms. The third-order valence-electron chi connectivity index (χ3n) is 3.06. The number of hydrogen-bond acceptors (Lipinski definition) is 4. The summed E-state index contributed by atoms with van der Waals surface area (Å²) in [4.78, 5) is 3.97. The normalized spacial score (nSPS) is 12.1. The zero-order valence-corrected chi connectivity index (χ0v) is 11.8. The van der Waals surface area contributed by atoms with Crippen LogP contribution in [-0.4, -0.2) is 17.6 Å². The Hall–Kier alpha value is -2.07. The van der Waals surface area contributed by atoms with Gasteiger partial charge in [0.1, 0.15) is 0 Å². The van der Waals surface area contributed by atoms with Gasteiger partial charge in [-0.3, -0.25) is 4.98 Å². The number of pyridine rings is 1. The van der Waals surface area contributed by atoms with E-state index in [9.17, 15) is 0 Å². The molecule has 20 heavy (non-hydrogen) atoms. The van der Waals surface area contributed by atoms with Gasteiger partial charge in [-0.25, -0.2) is 0 Å². The highest BCUT2D eigenvalue weighted by molar-refractivity contribution is 5.64. The Kier molecular flexibility index (Phi) is 5.38. The van der Waals surface area contributed by atoms with Crippen LogP contribution in [0.1, 0.15) is 18.9 Å². The molecule has 0 radical (unpaired) electrons. The number of nitrogens with one attached hydrogen (secondary N) is 1. The molecule has 4 nitrogen and oxygen atoms in total. The van der Waals surface area contributed by atoms with Gasteiger partial charge in [-0.2, -0.15) is 0 Å². The number of benzene rings is 1. The van der Waals surface area contributed by atoms with Crippen LogP contribution in [0.25, 0.3) is 0 Å². The summed E-state index contributed by atoms with van der Waals surface area (Å²) in [6.07, 6.45) is 4.31. The molecule has 1 atom stereocenters. The van der Waals surface area contributed by atoms with Crippen LogP contribution in [0, 0.1) is 0 Å². The van der Waals surface area contributed by atoms with Crippen LogP contribution in [0.5, 0.6) is 0 Å². The second-order valence-corrected chi connectivity index (χ2v) is 4.84. The standard InChI is InChI=1S/C16H21N3O/c1-13(19-16-7-9-18-11-15(16)17)8-10-20-12-14-5-3-2-4-6-14/h2-7,9,11,13H,8,10,12,17H2,1H3,(H,18,19). The number of nitrogens with zero attached hydrogens (tertiary/aromatic N) is 1. The highest BCUT2D eigenvalue weighted by atomic mass is 16.5. The van der Waals surface area contributed by atoms with Crippen LogP contribution in [-0.2, 0) is 11.3 Å². The lowest BCUT2D eigenvalue weighted by molar-refractivity contribution is 0.116. The molecule has 1 aromatic carbocycles. The monoisotopic (exact) mass is 271 g/mol. The third-order valence-corrected chi connectivity index (χ3v) is 3.06. The number of rotatable bonds is 7. The highest BCUT2D eigenvalue weighted by Gasteiger charge is 2.04. The molecule has 0 fully saturated rings. The lowest BCUT2D eigenvalue weighted by Crippen LogP contribution is -2.18. The van der Waals surface area contributed by atoms with Gasteiger partial charge in [0.05, 0.1) is 24.2 Å². The summed E-state index contributed by atoms with van der Waals surface area (Å²) in [7, 11) is 0. The van der Waals surface area contributed by atoms with Gasteiger partial charge < -0.3 is 15.8 Å². The van der Waals surface area contributed by atoms with Crippen LogP contribution < -0.4 is 11.1 Å². The Morgan fingerprint density at radius 1 is 1.25 bits per heavy atom. The third kappa shape index (κ3) is 4.55. The van der Waals surface area contributed by atoms with Gasteiger partial charge in [0.15, 0.2) is 0 Å². The average Bonchev–Trinajstić information content (AvgIpc) is 2.47. The number of nitrogens with two attached hydrogens (primary N) is 1. The second-order valence-electron chi connectivity index (χ2n) is 4.84. The summed E-state index contributed by atoms with van der Waals surface area (Å²) < 4.78 is 5.67. The zero-order valence-electron chi connectivity index (χ0n) is 11.8. The van der Waals surface area contributed by atoms with E-state index in [0.29, 0.717) is 24.9 Å². The Morgan fingerprint density at radius 2 is 2.05 bits per heavy atom. The molecule has 0 aliphatic carbocycles. The molecule has 0 aliphatic heterocycles. The number of aromatic nitrogens is 1. The zero-order chi connectivity index (χ0) is 14.2. The summed E-state index contributed by atoms with van der Waals surface area (Å²) in [5, 5.41) is 3.36. The van der Waals surface area contributed by atoms with Crippen LogP contribution in [0.3, 0.4) is 0 Å². The van der Waals surface area contributed by atoms with Crippen molar-refractivity contribution < 1.29 is 4.74 Å². The van der Waals surface area contributed by atoms with Crippen molar-refractivity contribution in [2.45, 2.75) is 26.0 Å². The van der Waals surface area contributed by atoms with Gasteiger partial charge in [0, 0.05) is 18.8 Å². The van der Waals surface area contributed by atoms with E-state index in [-0.39, 0.29) is 0 Å². The topological polar surface area (TPSA) is 60.2 Å². The Labute approximate surface area is 120 Å². The van der Waals surface area contributed by atoms with E-state index in [1.165, 1.54) is 5.56 Å². The minimum Gasteiger partial charge on any atom is -0.396 e. The minimum atomic E-state index is 0.301. The van der Waals surface area contributed by atoms with E-state index < -0.39 is 0 Å². The van der Waals surface area contributed by atoms with Crippen molar-refractivity contribution >= 4 is 11.4 Å². The van der Waals surface area contributed by atoms with Crippen molar-refractivity contribution in [2.75, 3.05) is 17.7 Å². The molecular weight excluding hydrogens is 250 g/mol. The molecule has 1 heterocycles. The Balaban J connectivity index is 1.68. The van der Waals surface area contributed by atoms with E-state index in [2.05, 4.69) is 29.4 Å². The largest absolute Gasteiger partial charge is 0.396 e. The quantitative estimate of drug-likeness (QED) is 0.760. The van der Waals surface area contributed by atoms with Gasteiger partial charge in [0.2, 0.25) is 0 Å². The van der Waals surface area contributed by atoms with Crippen LogP contribution in [0.2, 0.25) is 0 Å². The molecule has 1 aromatic heterocycles. The number of nitrogen functional groups attached to an aromatic ring is 1. The summed E-state index contributed by atoms with van der Waals surface area (Å²) in [6, 6.07) is 12.4. The number of hydrogen-bond donors (Lipinski definition) is 2. The molecule has 0 aliphatic rings. The second kappa shape index (κ2) is 7.50. The van der Waals surface area contributed by atoms with Gasteiger partial charge >= 0.3 is 0 Å². The van der Waals surface area contributed by atoms with Crippen molar-refractivity contribution in [3.63, 3.8) is 0 Å². The van der Waals surface area contributed by atoms with Gasteiger partial charge in [-0.1, -0.05) is 30.3 Å². The van der Waals surface area contributed by atoms with E-state index in [0.717, 1.165) is 12.1 Å². The number of anilines is 2. The maximum absolute atomic E-state index is 5.84. The molecule has 1 unspecified atom stereocenters. The predicted octanol–water partition coefficient (Wildman–Crippen LogP) is 3.07. The number of ether oxygens (including phenoxy) is 1. The summed E-state index contributed by atoms with van der Waals surface area (Å²) in [5.41, 5.74) is 8.64. The molecule has 0 spiro atoms. The fraction of sp³-hybridized carbons (Fsp3) is 0.312. The highest BCUT2D eigenvalue weighted by Crippen LogP contribution is 2.17. The van der Waals surface area contributed by atoms with E-state index in [4.69, 9.17) is 10.5 Å². The predicted molar refractivity (Wildman–Crippen MR) is 82.4 cm³/mol. The Bertz CT molecular complexity index is 516. The first kappa shape index (κ1) is 14.3. The lowest BCUT2D eigenvalue weighted by Gasteiger charge is -2.16. The molecule has 0 saturated carbocycles. The molecule has 2 rings (SSSR count). The van der Waals surface area contributed by atoms with Crippen molar-refractivity contribution in [3.8, 4) is 0 Å². The summed E-state index contributed by atoms with van der Waals surface area (Å²) >= 11 is 0. The molecular formula is C16H21N3O. The fourth-order valence-electron chi connectivity index (χ4n) is 1.90. The maximum atomic E-state index is 5.84. The average molecular weight is 271 g/mol. The fourth-order valence-corrected chi connectivity index (χ4v) is 1.90. The van der Waals surface area contributed by atoms with E-state index in [1.807, 2.05) is 24.3 Å². The first-order valence-electron chi connectivity index (χ1n) is 6.83. The Morgan fingerprint density at radius 3 is 2.80 bits per heavy atom. The molecule has 2 aromatic rings. The summed E-state index contributed by atoms with van der Waals surface area (Å²) in [5.74, 6) is 0. The van der Waals surface area contributed by atoms with Crippen molar-refractivity contribution in [2.24, 2.45) is 0 Å². The van der Waals surface area contributed by atoms with Gasteiger partial charge in [0.25, 0.3) is 0 Å². The van der Waals surface area contributed by atoms with Crippen molar-refractivity contribution in [3.05, 3.63) is 54.4 Å². The van der Waals surface area contributed by atoms with Crippen molar-refractivity contribution in [1.82, 2.24) is 4.98 Å². The molecule has 106 valence electrons. The molecule has 3 N–H and O–H groups in total. The smallest absolute Gasteiger partial charge is 0.0736 e. The maximum Gasteiger partial charge on any atom is 0.0736 e. The molecule has 0 bridgehead atoms. The lowest BCUT2D eigenvalue weighted by atomic mass is 10.2. The van der Waals surface area contributed by atoms with Crippen LogP contribution in [0.4, 0.5) is 11.4 Å². The SMILES string of the molecule is CC(CCOCc1ccccc1)Nc1ccncc1N. The van der Waals surface area contributed by atoms with E-state index >= 15 is 0 Å². The molecule has 0 saturated heterocycles. The summed E-state index contributed by atoms with van der Waals surface area (Å²) in [6.45, 7) is 3.49. The first-order chi connectivity index (χ1) is 9.75. The van der Waals surface area contributed by atoms with Gasteiger partial charge in [-0.05, 0) is 25.0 Å². The molecule has 0 amide bonds. The van der Waals surface area contributed by atoms with Gasteiger partial charge in [-0.15, -0.1) is 0 Å². The van der Waals surface area contributed by atoms with Crippen LogP contribution >= 0.6 is 0 Å². The van der Waals surface area contributed by atoms with Crippen LogP contribution in [0.15, 0.2) is 48.8 Å². The van der Waals surface area contributed by atoms with Crippen molar-refractivity contribution in [1.29, 1.82) is 0 Å². The van der Waals surface area contributed by atoms with E-state index in [1.54, 1.807) is 12.4 Å². The first-order valence-corrected chi connectivity index (χ1v) is 6.83.